The Labute approximate surface area is 136 Å². The maximum Gasteiger partial charge on any atom is 0.225 e. The van der Waals surface area contributed by atoms with Gasteiger partial charge in [0.1, 0.15) is 11.6 Å². The predicted molar refractivity (Wildman–Crippen MR) is 86.2 cm³/mol. The molecule has 2 N–H and O–H groups in total. The Hall–Kier alpha value is -3.36. The minimum Gasteiger partial charge on any atom is -0.461 e. The standard InChI is InChI=1S/C15H14N8O/c16-15-19-11(22-6-5-21-4-3-17-13(21)9-22)8-12-18-14(20-23(12)15)10-2-1-7-24-10/h1-4,7-8H,5-6,9H2,(H2,16,19). The molecule has 0 saturated carbocycles. The van der Waals surface area contributed by atoms with E-state index in [2.05, 4.69) is 29.5 Å². The summed E-state index contributed by atoms with van der Waals surface area (Å²) in [5.74, 6) is 3.16. The first-order chi connectivity index (χ1) is 11.8. The lowest BCUT2D eigenvalue weighted by Crippen LogP contribution is -2.34. The summed E-state index contributed by atoms with van der Waals surface area (Å²) in [6, 6.07) is 5.49. The third-order valence-electron chi connectivity index (χ3n) is 4.15. The second kappa shape index (κ2) is 4.82. The summed E-state index contributed by atoms with van der Waals surface area (Å²) < 4.78 is 9.01. The van der Waals surface area contributed by atoms with Crippen LogP contribution in [0.1, 0.15) is 5.82 Å². The van der Waals surface area contributed by atoms with Gasteiger partial charge in [-0.3, -0.25) is 0 Å². The van der Waals surface area contributed by atoms with Gasteiger partial charge in [0.25, 0.3) is 0 Å². The first-order valence-corrected chi connectivity index (χ1v) is 7.60. The molecule has 0 atom stereocenters. The molecule has 0 saturated heterocycles. The van der Waals surface area contributed by atoms with E-state index in [0.29, 0.717) is 29.7 Å². The van der Waals surface area contributed by atoms with E-state index < -0.39 is 0 Å². The van der Waals surface area contributed by atoms with Gasteiger partial charge in [-0.1, -0.05) is 0 Å². The van der Waals surface area contributed by atoms with Crippen LogP contribution in [0.3, 0.4) is 0 Å². The summed E-state index contributed by atoms with van der Waals surface area (Å²) in [5.41, 5.74) is 6.71. The molecule has 4 aromatic heterocycles. The molecule has 5 heterocycles. The Balaban J connectivity index is 1.56. The van der Waals surface area contributed by atoms with Gasteiger partial charge in [-0.2, -0.15) is 9.50 Å². The zero-order valence-corrected chi connectivity index (χ0v) is 12.7. The van der Waals surface area contributed by atoms with E-state index in [1.54, 1.807) is 12.3 Å². The fraction of sp³-hybridized carbons (Fsp3) is 0.200. The van der Waals surface area contributed by atoms with Crippen molar-refractivity contribution in [2.45, 2.75) is 13.1 Å². The zero-order valence-electron chi connectivity index (χ0n) is 12.7. The van der Waals surface area contributed by atoms with Gasteiger partial charge in [0.05, 0.1) is 12.8 Å². The third kappa shape index (κ3) is 1.94. The number of anilines is 2. The number of hydrogen-bond donors (Lipinski definition) is 1. The van der Waals surface area contributed by atoms with Gasteiger partial charge in [-0.25, -0.2) is 9.97 Å². The number of furan rings is 1. The molecule has 0 bridgehead atoms. The second-order valence-electron chi connectivity index (χ2n) is 5.61. The first-order valence-electron chi connectivity index (χ1n) is 7.60. The third-order valence-corrected chi connectivity index (χ3v) is 4.15. The number of nitrogens with zero attached hydrogens (tertiary/aromatic N) is 7. The predicted octanol–water partition coefficient (Wildman–Crippen LogP) is 1.18. The second-order valence-corrected chi connectivity index (χ2v) is 5.61. The van der Waals surface area contributed by atoms with Crippen LogP contribution in [0.15, 0.2) is 41.3 Å². The molecule has 0 aromatic carbocycles. The molecule has 0 amide bonds. The number of imidazole rings is 1. The fourth-order valence-corrected chi connectivity index (χ4v) is 2.94. The number of fused-ring (bicyclic) bond motifs is 2. The maximum atomic E-state index is 6.08. The Morgan fingerprint density at radius 3 is 3.04 bits per heavy atom. The van der Waals surface area contributed by atoms with Gasteiger partial charge in [-0.05, 0) is 12.1 Å². The number of aromatic nitrogens is 6. The first kappa shape index (κ1) is 13.1. The van der Waals surface area contributed by atoms with Crippen molar-refractivity contribution >= 4 is 17.4 Å². The van der Waals surface area contributed by atoms with Gasteiger partial charge >= 0.3 is 0 Å². The highest BCUT2D eigenvalue weighted by atomic mass is 16.3. The number of hydrogen-bond acceptors (Lipinski definition) is 7. The Bertz CT molecular complexity index is 1020. The number of nitrogen functional groups attached to an aromatic ring is 1. The summed E-state index contributed by atoms with van der Waals surface area (Å²) in [6.45, 7) is 2.40. The van der Waals surface area contributed by atoms with Gasteiger partial charge in [0.2, 0.25) is 11.8 Å². The van der Waals surface area contributed by atoms with Crippen molar-refractivity contribution in [1.29, 1.82) is 0 Å². The molecular formula is C15H14N8O. The van der Waals surface area contributed by atoms with Crippen molar-refractivity contribution in [2.75, 3.05) is 17.2 Å². The molecule has 120 valence electrons. The molecule has 9 heteroatoms. The Kier molecular flexibility index (Phi) is 2.63. The quantitative estimate of drug-likeness (QED) is 0.591. The Morgan fingerprint density at radius 2 is 2.17 bits per heavy atom. The van der Waals surface area contributed by atoms with Crippen molar-refractivity contribution < 1.29 is 4.42 Å². The summed E-state index contributed by atoms with van der Waals surface area (Å²) >= 11 is 0. The number of rotatable bonds is 2. The average molecular weight is 322 g/mol. The average Bonchev–Trinajstić information content (AvgIpc) is 3.32. The highest BCUT2D eigenvalue weighted by Gasteiger charge is 2.20. The SMILES string of the molecule is Nc1nc(N2CCn3ccnc3C2)cc2nc(-c3ccco3)nn12. The topological polar surface area (TPSA) is 103 Å². The normalized spacial score (nSPS) is 14.2. The molecule has 5 rings (SSSR count). The van der Waals surface area contributed by atoms with Crippen LogP contribution in [0, 0.1) is 0 Å². The lowest BCUT2D eigenvalue weighted by molar-refractivity contribution is 0.556. The van der Waals surface area contributed by atoms with Gasteiger partial charge in [-0.15, -0.1) is 5.10 Å². The van der Waals surface area contributed by atoms with Crippen LogP contribution >= 0.6 is 0 Å². The molecule has 24 heavy (non-hydrogen) atoms. The lowest BCUT2D eigenvalue weighted by Gasteiger charge is -2.28. The van der Waals surface area contributed by atoms with Gasteiger partial charge < -0.3 is 19.6 Å². The summed E-state index contributed by atoms with van der Waals surface area (Å²) in [6.07, 6.45) is 5.40. The summed E-state index contributed by atoms with van der Waals surface area (Å²) in [4.78, 5) is 15.5. The molecule has 0 spiro atoms. The van der Waals surface area contributed by atoms with E-state index >= 15 is 0 Å². The van der Waals surface area contributed by atoms with Crippen LogP contribution in [-0.4, -0.2) is 35.7 Å². The lowest BCUT2D eigenvalue weighted by atomic mass is 10.3. The fourth-order valence-electron chi connectivity index (χ4n) is 2.94. The van der Waals surface area contributed by atoms with Crippen molar-refractivity contribution in [3.8, 4) is 11.6 Å². The van der Waals surface area contributed by atoms with Crippen LogP contribution in [0.5, 0.6) is 0 Å². The Morgan fingerprint density at radius 1 is 1.21 bits per heavy atom. The van der Waals surface area contributed by atoms with Crippen LogP contribution in [0.4, 0.5) is 11.8 Å². The highest BCUT2D eigenvalue weighted by molar-refractivity contribution is 5.59. The maximum absolute atomic E-state index is 6.08. The molecule has 1 aliphatic rings. The zero-order chi connectivity index (χ0) is 16.1. The monoisotopic (exact) mass is 322 g/mol. The summed E-state index contributed by atoms with van der Waals surface area (Å²) in [5, 5.41) is 4.36. The van der Waals surface area contributed by atoms with E-state index in [4.69, 9.17) is 10.2 Å². The van der Waals surface area contributed by atoms with Crippen LogP contribution in [-0.2, 0) is 13.1 Å². The van der Waals surface area contributed by atoms with E-state index in [9.17, 15) is 0 Å². The largest absolute Gasteiger partial charge is 0.461 e. The van der Waals surface area contributed by atoms with E-state index in [1.807, 2.05) is 24.5 Å². The van der Waals surface area contributed by atoms with Gasteiger partial charge in [0.15, 0.2) is 11.4 Å². The highest BCUT2D eigenvalue weighted by Crippen LogP contribution is 2.23. The van der Waals surface area contributed by atoms with Crippen LogP contribution in [0.25, 0.3) is 17.2 Å². The minimum atomic E-state index is 0.293. The van der Waals surface area contributed by atoms with Crippen molar-refractivity contribution in [1.82, 2.24) is 29.1 Å². The van der Waals surface area contributed by atoms with E-state index in [0.717, 1.165) is 24.7 Å². The van der Waals surface area contributed by atoms with Gasteiger partial charge in [0, 0.05) is 31.5 Å². The number of nitrogens with two attached hydrogens (primary N) is 1. The van der Waals surface area contributed by atoms with Crippen LogP contribution < -0.4 is 10.6 Å². The van der Waals surface area contributed by atoms with Crippen molar-refractivity contribution in [2.24, 2.45) is 0 Å². The molecular weight excluding hydrogens is 308 g/mol. The minimum absolute atomic E-state index is 0.293. The molecule has 0 fully saturated rings. The van der Waals surface area contributed by atoms with E-state index in [1.165, 1.54) is 4.52 Å². The molecule has 9 nitrogen and oxygen atoms in total. The molecule has 1 aliphatic heterocycles. The molecule has 0 radical (unpaired) electrons. The van der Waals surface area contributed by atoms with Crippen molar-refractivity contribution in [3.63, 3.8) is 0 Å². The molecule has 0 unspecified atom stereocenters. The van der Waals surface area contributed by atoms with Crippen LogP contribution in [0.2, 0.25) is 0 Å². The molecule has 4 aromatic rings. The van der Waals surface area contributed by atoms with Crippen molar-refractivity contribution in [3.05, 3.63) is 42.7 Å². The van der Waals surface area contributed by atoms with E-state index in [-0.39, 0.29) is 0 Å². The molecule has 0 aliphatic carbocycles. The summed E-state index contributed by atoms with van der Waals surface area (Å²) in [7, 11) is 0. The smallest absolute Gasteiger partial charge is 0.225 e.